The van der Waals surface area contributed by atoms with Gasteiger partial charge in [-0.25, -0.2) is 4.39 Å². The summed E-state index contributed by atoms with van der Waals surface area (Å²) in [4.78, 5) is 15.5. The van der Waals surface area contributed by atoms with Crippen molar-refractivity contribution in [1.29, 1.82) is 0 Å². The van der Waals surface area contributed by atoms with Gasteiger partial charge in [-0.2, -0.15) is 0 Å². The second kappa shape index (κ2) is 9.55. The van der Waals surface area contributed by atoms with Crippen LogP contribution in [0.1, 0.15) is 56.9 Å². The van der Waals surface area contributed by atoms with Crippen molar-refractivity contribution in [3.8, 4) is 0 Å². The van der Waals surface area contributed by atoms with Gasteiger partial charge in [0.2, 0.25) is 5.91 Å². The minimum Gasteiger partial charge on any atom is -0.351 e. The van der Waals surface area contributed by atoms with Crippen molar-refractivity contribution in [2.75, 3.05) is 6.54 Å². The van der Waals surface area contributed by atoms with E-state index in [1.54, 1.807) is 0 Å². The number of piperidine rings is 1. The van der Waals surface area contributed by atoms with Crippen molar-refractivity contribution < 1.29 is 9.18 Å². The highest BCUT2D eigenvalue weighted by molar-refractivity contribution is 5.85. The number of halogens is 2. The third-order valence-corrected chi connectivity index (χ3v) is 6.90. The van der Waals surface area contributed by atoms with Crippen molar-refractivity contribution >= 4 is 18.3 Å². The highest BCUT2D eigenvalue weighted by Crippen LogP contribution is 2.39. The minimum absolute atomic E-state index is 0. The maximum Gasteiger partial charge on any atom is 0.237 e. The molecular formula is C22H33ClFN3O. The van der Waals surface area contributed by atoms with Gasteiger partial charge in [0.05, 0.1) is 6.04 Å². The molecule has 3 fully saturated rings. The Morgan fingerprint density at radius 2 is 1.75 bits per heavy atom. The summed E-state index contributed by atoms with van der Waals surface area (Å²) in [5.41, 5.74) is 7.30. The summed E-state index contributed by atoms with van der Waals surface area (Å²) >= 11 is 0. The van der Waals surface area contributed by atoms with E-state index in [0.717, 1.165) is 44.2 Å². The van der Waals surface area contributed by atoms with Crippen molar-refractivity contribution in [3.05, 3.63) is 35.6 Å². The number of nitrogens with zero attached hydrogens (tertiary/aromatic N) is 1. The van der Waals surface area contributed by atoms with Gasteiger partial charge >= 0.3 is 0 Å². The Bertz CT molecular complexity index is 642. The van der Waals surface area contributed by atoms with Crippen molar-refractivity contribution in [3.63, 3.8) is 0 Å². The molecule has 2 bridgehead atoms. The van der Waals surface area contributed by atoms with Crippen LogP contribution in [0.4, 0.5) is 4.39 Å². The van der Waals surface area contributed by atoms with Crippen LogP contribution in [0.2, 0.25) is 0 Å². The molecule has 2 aliphatic carbocycles. The summed E-state index contributed by atoms with van der Waals surface area (Å²) in [6.45, 7) is 1.64. The number of amides is 1. The van der Waals surface area contributed by atoms with Crippen molar-refractivity contribution in [1.82, 2.24) is 10.2 Å². The molecule has 28 heavy (non-hydrogen) atoms. The maximum atomic E-state index is 13.2. The quantitative estimate of drug-likeness (QED) is 0.798. The molecule has 2 saturated carbocycles. The first kappa shape index (κ1) is 21.5. The predicted octanol–water partition coefficient (Wildman–Crippen LogP) is 3.62. The van der Waals surface area contributed by atoms with Crippen LogP contribution < -0.4 is 11.1 Å². The third-order valence-electron chi connectivity index (χ3n) is 6.90. The molecular weight excluding hydrogens is 377 g/mol. The lowest BCUT2D eigenvalue weighted by Crippen LogP contribution is -2.58. The molecule has 1 amide bonds. The standard InChI is InChI=1S/C22H32FN3O.ClH/c23-18-9-7-15(8-10-18)14-26-11-2-1-6-20(26)22(27)25-21-16-4-3-5-17(21)13-19(24)12-16;/h7-10,16-17,19-21H,1-6,11-14,24H2,(H,25,27);1H. The molecule has 3 aliphatic rings. The van der Waals surface area contributed by atoms with Crippen LogP contribution in [0.3, 0.4) is 0 Å². The lowest BCUT2D eigenvalue weighted by atomic mass is 9.67. The topological polar surface area (TPSA) is 58.4 Å². The van der Waals surface area contributed by atoms with Gasteiger partial charge in [-0.3, -0.25) is 9.69 Å². The monoisotopic (exact) mass is 409 g/mol. The first-order valence-corrected chi connectivity index (χ1v) is 10.6. The molecule has 3 atom stereocenters. The van der Waals surface area contributed by atoms with Crippen LogP contribution in [0.15, 0.2) is 24.3 Å². The van der Waals surface area contributed by atoms with E-state index < -0.39 is 0 Å². The zero-order valence-corrected chi connectivity index (χ0v) is 17.3. The number of hydrogen-bond donors (Lipinski definition) is 2. The molecule has 6 heteroatoms. The first-order valence-electron chi connectivity index (χ1n) is 10.6. The van der Waals surface area contributed by atoms with E-state index in [2.05, 4.69) is 10.2 Å². The fourth-order valence-corrected chi connectivity index (χ4v) is 5.59. The Labute approximate surface area is 173 Å². The van der Waals surface area contributed by atoms with Gasteiger partial charge in [0.25, 0.3) is 0 Å². The largest absolute Gasteiger partial charge is 0.351 e. The number of nitrogens with two attached hydrogens (primary N) is 1. The summed E-state index contributed by atoms with van der Waals surface area (Å²) < 4.78 is 13.2. The van der Waals surface area contributed by atoms with Gasteiger partial charge in [-0.15, -0.1) is 12.4 Å². The van der Waals surface area contributed by atoms with E-state index >= 15 is 0 Å². The Morgan fingerprint density at radius 1 is 1.07 bits per heavy atom. The summed E-state index contributed by atoms with van der Waals surface area (Å²) in [6.07, 6.45) is 8.88. The van der Waals surface area contributed by atoms with Crippen LogP contribution in [-0.4, -0.2) is 35.5 Å². The number of nitrogens with one attached hydrogen (secondary N) is 1. The molecule has 156 valence electrons. The average Bonchev–Trinajstić information content (AvgIpc) is 2.65. The average molecular weight is 410 g/mol. The smallest absolute Gasteiger partial charge is 0.237 e. The summed E-state index contributed by atoms with van der Waals surface area (Å²) in [7, 11) is 0. The molecule has 3 unspecified atom stereocenters. The third kappa shape index (κ3) is 4.87. The van der Waals surface area contributed by atoms with E-state index in [1.807, 2.05) is 12.1 Å². The van der Waals surface area contributed by atoms with E-state index in [9.17, 15) is 9.18 Å². The zero-order valence-electron chi connectivity index (χ0n) is 16.5. The number of rotatable bonds is 4. The fraction of sp³-hybridized carbons (Fsp3) is 0.682. The molecule has 4 nitrogen and oxygen atoms in total. The number of likely N-dealkylation sites (tertiary alicyclic amines) is 1. The minimum atomic E-state index is -0.214. The second-order valence-corrected chi connectivity index (χ2v) is 8.83. The van der Waals surface area contributed by atoms with E-state index in [-0.39, 0.29) is 30.2 Å². The first-order chi connectivity index (χ1) is 13.1. The normalized spacial score (nSPS) is 33.0. The van der Waals surface area contributed by atoms with Gasteiger partial charge in [0.1, 0.15) is 5.82 Å². The Morgan fingerprint density at radius 3 is 2.43 bits per heavy atom. The van der Waals surface area contributed by atoms with Crippen molar-refractivity contribution in [2.45, 2.75) is 76.0 Å². The SMILES string of the molecule is Cl.NC1CC2CCCC(C1)C2NC(=O)C1CCCCN1Cc1ccc(F)cc1. The van der Waals surface area contributed by atoms with Gasteiger partial charge < -0.3 is 11.1 Å². The van der Waals surface area contributed by atoms with Crippen LogP contribution in [-0.2, 0) is 11.3 Å². The van der Waals surface area contributed by atoms with Crippen LogP contribution in [0.25, 0.3) is 0 Å². The highest BCUT2D eigenvalue weighted by atomic mass is 35.5. The van der Waals surface area contributed by atoms with E-state index in [0.29, 0.717) is 30.5 Å². The number of carbonyl (C=O) groups excluding carboxylic acids is 1. The van der Waals surface area contributed by atoms with Gasteiger partial charge in [0, 0.05) is 18.6 Å². The molecule has 1 heterocycles. The number of fused-ring (bicyclic) bond motifs is 2. The summed E-state index contributed by atoms with van der Waals surface area (Å²) in [5, 5.41) is 3.44. The zero-order chi connectivity index (χ0) is 18.8. The second-order valence-electron chi connectivity index (χ2n) is 8.83. The Balaban J connectivity index is 0.00000225. The molecule has 3 N–H and O–H groups in total. The molecule has 1 saturated heterocycles. The molecule has 0 spiro atoms. The lowest BCUT2D eigenvalue weighted by molar-refractivity contribution is -0.130. The lowest BCUT2D eigenvalue weighted by Gasteiger charge is -2.46. The fourth-order valence-electron chi connectivity index (χ4n) is 5.59. The van der Waals surface area contributed by atoms with Crippen LogP contribution in [0, 0.1) is 17.7 Å². The molecule has 0 aromatic heterocycles. The number of carbonyl (C=O) groups is 1. The molecule has 1 aromatic rings. The molecule has 0 radical (unpaired) electrons. The Kier molecular flexibility index (Phi) is 7.35. The van der Waals surface area contributed by atoms with Gasteiger partial charge in [0.15, 0.2) is 0 Å². The summed E-state index contributed by atoms with van der Waals surface area (Å²) in [6, 6.07) is 7.19. The maximum absolute atomic E-state index is 13.2. The van der Waals surface area contributed by atoms with Crippen molar-refractivity contribution in [2.24, 2.45) is 17.6 Å². The van der Waals surface area contributed by atoms with Gasteiger partial charge in [-0.1, -0.05) is 25.0 Å². The molecule has 1 aliphatic heterocycles. The summed E-state index contributed by atoms with van der Waals surface area (Å²) in [5.74, 6) is 1.07. The van der Waals surface area contributed by atoms with E-state index in [4.69, 9.17) is 5.73 Å². The van der Waals surface area contributed by atoms with Crippen LogP contribution in [0.5, 0.6) is 0 Å². The molecule has 4 rings (SSSR count). The number of benzene rings is 1. The van der Waals surface area contributed by atoms with E-state index in [1.165, 1.54) is 31.4 Å². The van der Waals surface area contributed by atoms with Gasteiger partial charge in [-0.05, 0) is 74.6 Å². The predicted molar refractivity (Wildman–Crippen MR) is 112 cm³/mol. The Hall–Kier alpha value is -1.17. The highest BCUT2D eigenvalue weighted by Gasteiger charge is 2.41. The van der Waals surface area contributed by atoms with Crippen LogP contribution >= 0.6 is 12.4 Å². The number of hydrogen-bond acceptors (Lipinski definition) is 3. The molecule has 1 aromatic carbocycles.